The van der Waals surface area contributed by atoms with Gasteiger partial charge in [0.2, 0.25) is 10.0 Å². The summed E-state index contributed by atoms with van der Waals surface area (Å²) in [7, 11) is -3.42. The third-order valence-electron chi connectivity index (χ3n) is 2.72. The fourth-order valence-electron chi connectivity index (χ4n) is 1.73. The van der Waals surface area contributed by atoms with Crippen LogP contribution in [0.5, 0.6) is 0 Å². The van der Waals surface area contributed by atoms with Crippen LogP contribution in [-0.2, 0) is 10.0 Å². The smallest absolute Gasteiger partial charge is 0.242 e. The van der Waals surface area contributed by atoms with Crippen molar-refractivity contribution in [3.8, 4) is 0 Å². The monoisotopic (exact) mass is 270 g/mol. The highest BCUT2D eigenvalue weighted by Crippen LogP contribution is 2.11. The van der Waals surface area contributed by atoms with Crippen molar-refractivity contribution < 1.29 is 8.42 Å². The first-order valence-electron chi connectivity index (χ1n) is 6.34. The van der Waals surface area contributed by atoms with Crippen molar-refractivity contribution in [2.75, 3.05) is 0 Å². The maximum absolute atomic E-state index is 12.0. The highest BCUT2D eigenvalue weighted by Gasteiger charge is 2.16. The third kappa shape index (κ3) is 5.14. The maximum Gasteiger partial charge on any atom is 0.242 e. The second kappa shape index (κ2) is 6.85. The summed E-state index contributed by atoms with van der Waals surface area (Å²) in [5.74, 6) is 0.659. The lowest BCUT2D eigenvalue weighted by molar-refractivity contribution is 0.488. The van der Waals surface area contributed by atoms with Crippen molar-refractivity contribution in [3.63, 3.8) is 0 Å². The van der Waals surface area contributed by atoms with Gasteiger partial charge in [0.1, 0.15) is 4.90 Å². The van der Waals surface area contributed by atoms with E-state index < -0.39 is 10.0 Å². The normalized spacial score (nSPS) is 13.8. The van der Waals surface area contributed by atoms with Crippen LogP contribution in [0.15, 0.2) is 29.4 Å². The van der Waals surface area contributed by atoms with Crippen LogP contribution in [-0.4, -0.2) is 19.4 Å². The highest BCUT2D eigenvalue weighted by molar-refractivity contribution is 7.89. The summed E-state index contributed by atoms with van der Waals surface area (Å²) < 4.78 is 26.7. The Morgan fingerprint density at radius 2 is 2.00 bits per heavy atom. The molecular formula is C13H22N2O2S. The van der Waals surface area contributed by atoms with Crippen molar-refractivity contribution in [1.82, 2.24) is 9.71 Å². The standard InChI is InChI=1S/C13H22N2O2S/c1-11(2)6-4-7-12(3)15-18(16,17)13-8-5-9-14-10-13/h5,8-12,15H,4,6-7H2,1-3H3. The summed E-state index contributed by atoms with van der Waals surface area (Å²) in [5, 5.41) is 0. The molecule has 0 aliphatic rings. The quantitative estimate of drug-likeness (QED) is 0.828. The van der Waals surface area contributed by atoms with E-state index >= 15 is 0 Å². The number of nitrogens with one attached hydrogen (secondary N) is 1. The summed E-state index contributed by atoms with van der Waals surface area (Å²) in [4.78, 5) is 4.05. The summed E-state index contributed by atoms with van der Waals surface area (Å²) in [6.07, 6.45) is 5.94. The average molecular weight is 270 g/mol. The predicted molar refractivity (Wildman–Crippen MR) is 72.7 cm³/mol. The summed E-state index contributed by atoms with van der Waals surface area (Å²) in [6, 6.07) is 3.13. The van der Waals surface area contributed by atoms with E-state index in [1.165, 1.54) is 6.20 Å². The Hall–Kier alpha value is -0.940. The predicted octanol–water partition coefficient (Wildman–Crippen LogP) is 2.57. The highest BCUT2D eigenvalue weighted by atomic mass is 32.2. The average Bonchev–Trinajstić information content (AvgIpc) is 2.29. The Morgan fingerprint density at radius 1 is 1.28 bits per heavy atom. The van der Waals surface area contributed by atoms with Crippen LogP contribution in [0.3, 0.4) is 0 Å². The minimum Gasteiger partial charge on any atom is -0.263 e. The molecule has 0 aromatic carbocycles. The zero-order chi connectivity index (χ0) is 13.6. The number of hydrogen-bond donors (Lipinski definition) is 1. The Kier molecular flexibility index (Phi) is 5.75. The number of nitrogens with zero attached hydrogens (tertiary/aromatic N) is 1. The number of pyridine rings is 1. The lowest BCUT2D eigenvalue weighted by Crippen LogP contribution is -2.32. The Balaban J connectivity index is 2.51. The number of sulfonamides is 1. The minimum atomic E-state index is -3.42. The zero-order valence-corrected chi connectivity index (χ0v) is 12.1. The molecule has 1 N–H and O–H groups in total. The van der Waals surface area contributed by atoms with Gasteiger partial charge >= 0.3 is 0 Å². The zero-order valence-electron chi connectivity index (χ0n) is 11.3. The molecule has 1 atom stereocenters. The molecule has 1 aromatic heterocycles. The van der Waals surface area contributed by atoms with Crippen molar-refractivity contribution in [3.05, 3.63) is 24.5 Å². The first kappa shape index (κ1) is 15.1. The molecule has 18 heavy (non-hydrogen) atoms. The van der Waals surface area contributed by atoms with E-state index in [9.17, 15) is 8.42 Å². The van der Waals surface area contributed by atoms with Gasteiger partial charge in [0.15, 0.2) is 0 Å². The second-order valence-corrected chi connectivity index (χ2v) is 6.75. The van der Waals surface area contributed by atoms with Gasteiger partial charge in [-0.1, -0.05) is 26.7 Å². The van der Waals surface area contributed by atoms with E-state index in [1.54, 1.807) is 18.3 Å². The van der Waals surface area contributed by atoms with E-state index in [4.69, 9.17) is 0 Å². The molecular weight excluding hydrogens is 248 g/mol. The van der Waals surface area contributed by atoms with Gasteiger partial charge in [-0.25, -0.2) is 13.1 Å². The van der Waals surface area contributed by atoms with E-state index in [0.717, 1.165) is 19.3 Å². The van der Waals surface area contributed by atoms with E-state index in [1.807, 2.05) is 6.92 Å². The van der Waals surface area contributed by atoms with Crippen LogP contribution in [0.4, 0.5) is 0 Å². The van der Waals surface area contributed by atoms with Gasteiger partial charge in [0.25, 0.3) is 0 Å². The SMILES string of the molecule is CC(C)CCCC(C)NS(=O)(=O)c1cccnc1. The van der Waals surface area contributed by atoms with Gasteiger partial charge in [-0.3, -0.25) is 4.98 Å². The van der Waals surface area contributed by atoms with Crippen molar-refractivity contribution in [1.29, 1.82) is 0 Å². The molecule has 0 amide bonds. The lowest BCUT2D eigenvalue weighted by Gasteiger charge is -2.14. The molecule has 0 spiro atoms. The number of aromatic nitrogens is 1. The molecule has 1 heterocycles. The molecule has 1 rings (SSSR count). The molecule has 5 heteroatoms. The van der Waals surface area contributed by atoms with Crippen LogP contribution in [0.2, 0.25) is 0 Å². The molecule has 102 valence electrons. The summed E-state index contributed by atoms with van der Waals surface area (Å²) in [6.45, 7) is 6.24. The van der Waals surface area contributed by atoms with Gasteiger partial charge in [0.05, 0.1) is 0 Å². The molecule has 0 aliphatic heterocycles. The molecule has 0 bridgehead atoms. The van der Waals surface area contributed by atoms with Gasteiger partial charge < -0.3 is 0 Å². The molecule has 0 saturated carbocycles. The second-order valence-electron chi connectivity index (χ2n) is 5.04. The van der Waals surface area contributed by atoms with Crippen LogP contribution >= 0.6 is 0 Å². The molecule has 0 saturated heterocycles. The minimum absolute atomic E-state index is 0.0473. The molecule has 4 nitrogen and oxygen atoms in total. The van der Waals surface area contributed by atoms with Gasteiger partial charge in [-0.05, 0) is 31.4 Å². The largest absolute Gasteiger partial charge is 0.263 e. The first-order chi connectivity index (χ1) is 8.42. The Morgan fingerprint density at radius 3 is 2.56 bits per heavy atom. The van der Waals surface area contributed by atoms with E-state index in [-0.39, 0.29) is 10.9 Å². The van der Waals surface area contributed by atoms with E-state index in [0.29, 0.717) is 5.92 Å². The van der Waals surface area contributed by atoms with Crippen molar-refractivity contribution >= 4 is 10.0 Å². The van der Waals surface area contributed by atoms with E-state index in [2.05, 4.69) is 23.6 Å². The van der Waals surface area contributed by atoms with Gasteiger partial charge in [-0.15, -0.1) is 0 Å². The fraction of sp³-hybridized carbons (Fsp3) is 0.615. The van der Waals surface area contributed by atoms with Crippen molar-refractivity contribution in [2.24, 2.45) is 5.92 Å². The van der Waals surface area contributed by atoms with Crippen molar-refractivity contribution in [2.45, 2.75) is 51.0 Å². The van der Waals surface area contributed by atoms with Crippen LogP contribution in [0, 0.1) is 5.92 Å². The topological polar surface area (TPSA) is 59.1 Å². The number of hydrogen-bond acceptors (Lipinski definition) is 3. The fourth-order valence-corrected chi connectivity index (χ4v) is 2.97. The number of rotatable bonds is 7. The van der Waals surface area contributed by atoms with Crippen LogP contribution < -0.4 is 4.72 Å². The van der Waals surface area contributed by atoms with Gasteiger partial charge in [0, 0.05) is 18.4 Å². The van der Waals surface area contributed by atoms with Crippen LogP contribution in [0.25, 0.3) is 0 Å². The summed E-state index contributed by atoms with van der Waals surface area (Å²) >= 11 is 0. The third-order valence-corrected chi connectivity index (χ3v) is 4.29. The Bertz CT molecular complexity index is 443. The molecule has 1 aromatic rings. The molecule has 0 radical (unpaired) electrons. The van der Waals surface area contributed by atoms with Crippen LogP contribution in [0.1, 0.15) is 40.0 Å². The molecule has 0 fully saturated rings. The summed E-state index contributed by atoms with van der Waals surface area (Å²) in [5.41, 5.74) is 0. The molecule has 0 aliphatic carbocycles. The maximum atomic E-state index is 12.0. The molecule has 1 unspecified atom stereocenters. The Labute approximate surface area is 110 Å². The first-order valence-corrected chi connectivity index (χ1v) is 7.82. The lowest BCUT2D eigenvalue weighted by atomic mass is 10.0. The van der Waals surface area contributed by atoms with Gasteiger partial charge in [-0.2, -0.15) is 0 Å².